The lowest BCUT2D eigenvalue weighted by atomic mass is 10.0. The molecule has 0 unspecified atom stereocenters. The van der Waals surface area contributed by atoms with Gasteiger partial charge in [-0.25, -0.2) is 0 Å². The first kappa shape index (κ1) is 17.7. The van der Waals surface area contributed by atoms with Crippen LogP contribution in [0.25, 0.3) is 10.8 Å². The van der Waals surface area contributed by atoms with Crippen molar-refractivity contribution in [1.29, 1.82) is 0 Å². The number of nitrogens with zero attached hydrogens (tertiary/aromatic N) is 1. The van der Waals surface area contributed by atoms with Crippen molar-refractivity contribution in [2.45, 2.75) is 6.04 Å². The van der Waals surface area contributed by atoms with Crippen LogP contribution in [0.2, 0.25) is 0 Å². The van der Waals surface area contributed by atoms with Gasteiger partial charge in [-0.05, 0) is 35.0 Å². The van der Waals surface area contributed by atoms with E-state index in [9.17, 15) is 14.4 Å². The molecule has 0 saturated carbocycles. The number of nitrogens with one attached hydrogen (secondary N) is 1. The quantitative estimate of drug-likeness (QED) is 0.733. The molecule has 6 nitrogen and oxygen atoms in total. The lowest BCUT2D eigenvalue weighted by Crippen LogP contribution is -2.47. The van der Waals surface area contributed by atoms with E-state index in [4.69, 9.17) is 5.73 Å². The molecule has 6 heteroatoms. The molecule has 0 bridgehead atoms. The zero-order chi connectivity index (χ0) is 19.7. The minimum Gasteiger partial charge on any atom is -0.369 e. The number of fused-ring (bicyclic) bond motifs is 1. The maximum Gasteiger partial charge on any atom is 0.251 e. The Kier molecular flexibility index (Phi) is 4.53. The molecule has 1 aliphatic rings. The first-order valence-electron chi connectivity index (χ1n) is 9.00. The molecule has 1 aliphatic heterocycles. The summed E-state index contributed by atoms with van der Waals surface area (Å²) in [5, 5.41) is 4.65. The summed E-state index contributed by atoms with van der Waals surface area (Å²) in [4.78, 5) is 39.1. The van der Waals surface area contributed by atoms with Crippen LogP contribution in [0.5, 0.6) is 0 Å². The van der Waals surface area contributed by atoms with Crippen molar-refractivity contribution in [3.63, 3.8) is 0 Å². The van der Waals surface area contributed by atoms with E-state index < -0.39 is 23.8 Å². The summed E-state index contributed by atoms with van der Waals surface area (Å²) in [5.74, 6) is -2.16. The molecule has 0 spiro atoms. The maximum absolute atomic E-state index is 12.9. The van der Waals surface area contributed by atoms with E-state index in [1.54, 1.807) is 24.3 Å². The third-order valence-corrected chi connectivity index (χ3v) is 5.05. The Morgan fingerprint density at radius 3 is 2.32 bits per heavy atom. The molecule has 0 radical (unpaired) electrons. The standard InChI is InChI=1S/C22H19N3O3/c23-20(26)18-13-25(17-8-2-1-3-9-17)22(28)19(18)24-21(27)16-11-10-14-6-4-5-7-15(14)12-16/h1-12,18-19H,13H2,(H2,23,26)(H,24,27)/t18-,19+/m0/s1. The fourth-order valence-electron chi connectivity index (χ4n) is 3.54. The summed E-state index contributed by atoms with van der Waals surface area (Å²) in [5.41, 5.74) is 6.60. The van der Waals surface area contributed by atoms with Crippen LogP contribution in [0.1, 0.15) is 10.4 Å². The summed E-state index contributed by atoms with van der Waals surface area (Å²) in [6.45, 7) is 0.140. The normalized spacial score (nSPS) is 19.0. The highest BCUT2D eigenvalue weighted by Gasteiger charge is 2.44. The summed E-state index contributed by atoms with van der Waals surface area (Å²) in [6.07, 6.45) is 0. The molecule has 28 heavy (non-hydrogen) atoms. The van der Waals surface area contributed by atoms with Crippen LogP contribution in [-0.2, 0) is 9.59 Å². The molecule has 0 aromatic heterocycles. The number of carbonyl (C=O) groups is 3. The molecule has 1 fully saturated rings. The number of hydrogen-bond acceptors (Lipinski definition) is 3. The van der Waals surface area contributed by atoms with Crippen LogP contribution in [-0.4, -0.2) is 30.3 Å². The van der Waals surface area contributed by atoms with Crippen molar-refractivity contribution in [2.24, 2.45) is 11.7 Å². The molecule has 0 aliphatic carbocycles. The Morgan fingerprint density at radius 2 is 1.61 bits per heavy atom. The predicted octanol–water partition coefficient (Wildman–Crippen LogP) is 2.09. The highest BCUT2D eigenvalue weighted by Crippen LogP contribution is 2.26. The van der Waals surface area contributed by atoms with E-state index in [2.05, 4.69) is 5.32 Å². The minimum absolute atomic E-state index is 0.140. The molecule has 140 valence electrons. The molecule has 1 heterocycles. The Labute approximate surface area is 161 Å². The van der Waals surface area contributed by atoms with E-state index in [0.717, 1.165) is 10.8 Å². The zero-order valence-electron chi connectivity index (χ0n) is 15.0. The molecule has 3 N–H and O–H groups in total. The summed E-state index contributed by atoms with van der Waals surface area (Å²) < 4.78 is 0. The first-order chi connectivity index (χ1) is 13.5. The first-order valence-corrected chi connectivity index (χ1v) is 9.00. The van der Waals surface area contributed by atoms with E-state index in [1.807, 2.05) is 48.5 Å². The van der Waals surface area contributed by atoms with Gasteiger partial charge in [0.25, 0.3) is 5.91 Å². The van der Waals surface area contributed by atoms with E-state index in [1.165, 1.54) is 4.90 Å². The fraction of sp³-hybridized carbons (Fsp3) is 0.136. The Bertz CT molecular complexity index is 1060. The van der Waals surface area contributed by atoms with Crippen LogP contribution in [0.3, 0.4) is 0 Å². The average Bonchev–Trinajstić information content (AvgIpc) is 3.05. The van der Waals surface area contributed by atoms with Crippen molar-refractivity contribution in [1.82, 2.24) is 5.32 Å². The fourth-order valence-corrected chi connectivity index (χ4v) is 3.54. The van der Waals surface area contributed by atoms with E-state index >= 15 is 0 Å². The lowest BCUT2D eigenvalue weighted by Gasteiger charge is -2.17. The average molecular weight is 373 g/mol. The van der Waals surface area contributed by atoms with Crippen LogP contribution < -0.4 is 16.0 Å². The Hall–Kier alpha value is -3.67. The van der Waals surface area contributed by atoms with Gasteiger partial charge < -0.3 is 16.0 Å². The van der Waals surface area contributed by atoms with Crippen LogP contribution in [0.4, 0.5) is 5.69 Å². The second kappa shape index (κ2) is 7.15. The summed E-state index contributed by atoms with van der Waals surface area (Å²) in [6, 6.07) is 21.0. The number of rotatable bonds is 4. The molecule has 3 amide bonds. The second-order valence-electron chi connectivity index (χ2n) is 6.81. The van der Waals surface area contributed by atoms with Gasteiger partial charge in [0.1, 0.15) is 6.04 Å². The number of nitrogens with two attached hydrogens (primary N) is 1. The van der Waals surface area contributed by atoms with Crippen molar-refractivity contribution in [3.8, 4) is 0 Å². The van der Waals surface area contributed by atoms with Gasteiger partial charge in [0.05, 0.1) is 5.92 Å². The molecule has 3 aromatic carbocycles. The monoisotopic (exact) mass is 373 g/mol. The number of primary amides is 1. The molecular weight excluding hydrogens is 354 g/mol. The third-order valence-electron chi connectivity index (χ3n) is 5.05. The smallest absolute Gasteiger partial charge is 0.251 e. The van der Waals surface area contributed by atoms with E-state index in [0.29, 0.717) is 11.3 Å². The van der Waals surface area contributed by atoms with Crippen LogP contribution in [0, 0.1) is 5.92 Å². The molecule has 3 aromatic rings. The van der Waals surface area contributed by atoms with Gasteiger partial charge in [-0.15, -0.1) is 0 Å². The topological polar surface area (TPSA) is 92.5 Å². The Balaban J connectivity index is 1.59. The molecule has 4 rings (SSSR count). The number of carbonyl (C=O) groups excluding carboxylic acids is 3. The highest BCUT2D eigenvalue weighted by molar-refractivity contribution is 6.08. The van der Waals surface area contributed by atoms with Crippen LogP contribution in [0.15, 0.2) is 72.8 Å². The number of hydrogen-bond donors (Lipinski definition) is 2. The van der Waals surface area contributed by atoms with Crippen molar-refractivity contribution < 1.29 is 14.4 Å². The van der Waals surface area contributed by atoms with Gasteiger partial charge >= 0.3 is 0 Å². The number of amides is 3. The van der Waals surface area contributed by atoms with Crippen molar-refractivity contribution >= 4 is 34.2 Å². The van der Waals surface area contributed by atoms with Crippen molar-refractivity contribution in [2.75, 3.05) is 11.4 Å². The number of para-hydroxylation sites is 1. The lowest BCUT2D eigenvalue weighted by molar-refractivity contribution is -0.125. The SMILES string of the molecule is NC(=O)[C@H]1CN(c2ccccc2)C(=O)[C@@H]1NC(=O)c1ccc2ccccc2c1. The predicted molar refractivity (Wildman–Crippen MR) is 107 cm³/mol. The maximum atomic E-state index is 12.9. The van der Waals surface area contributed by atoms with Crippen molar-refractivity contribution in [3.05, 3.63) is 78.4 Å². The Morgan fingerprint density at radius 1 is 0.929 bits per heavy atom. The van der Waals surface area contributed by atoms with Gasteiger partial charge in [0.15, 0.2) is 0 Å². The molecular formula is C22H19N3O3. The van der Waals surface area contributed by atoms with Gasteiger partial charge in [0, 0.05) is 17.8 Å². The zero-order valence-corrected chi connectivity index (χ0v) is 15.0. The minimum atomic E-state index is -0.989. The number of anilines is 1. The highest BCUT2D eigenvalue weighted by atomic mass is 16.2. The van der Waals surface area contributed by atoms with E-state index in [-0.39, 0.29) is 12.5 Å². The number of benzene rings is 3. The van der Waals surface area contributed by atoms with Gasteiger partial charge in [0.2, 0.25) is 11.8 Å². The summed E-state index contributed by atoms with van der Waals surface area (Å²) in [7, 11) is 0. The van der Waals surface area contributed by atoms with Crippen LogP contribution >= 0.6 is 0 Å². The summed E-state index contributed by atoms with van der Waals surface area (Å²) >= 11 is 0. The van der Waals surface area contributed by atoms with Gasteiger partial charge in [-0.2, -0.15) is 0 Å². The van der Waals surface area contributed by atoms with Gasteiger partial charge in [-0.1, -0.05) is 48.5 Å². The second-order valence-corrected chi connectivity index (χ2v) is 6.81. The largest absolute Gasteiger partial charge is 0.369 e. The molecule has 2 atom stereocenters. The third kappa shape index (κ3) is 3.20. The van der Waals surface area contributed by atoms with Gasteiger partial charge in [-0.3, -0.25) is 14.4 Å². The molecule has 1 saturated heterocycles.